The van der Waals surface area contributed by atoms with E-state index in [2.05, 4.69) is 33.7 Å². The van der Waals surface area contributed by atoms with Crippen LogP contribution in [0.25, 0.3) is 0 Å². The fraction of sp³-hybridized carbons (Fsp3) is 0.579. The summed E-state index contributed by atoms with van der Waals surface area (Å²) in [5, 5.41) is 0. The van der Waals surface area contributed by atoms with Crippen LogP contribution in [-0.2, 0) is 53.0 Å². The Bertz CT molecular complexity index is 1500. The number of benzene rings is 2. The molecule has 0 spiro atoms. The van der Waals surface area contributed by atoms with E-state index in [4.69, 9.17) is 37.9 Å². The van der Waals surface area contributed by atoms with Crippen LogP contribution in [0, 0.1) is 0 Å². The van der Waals surface area contributed by atoms with Gasteiger partial charge < -0.3 is 47.7 Å². The molecule has 284 valence electrons. The Labute approximate surface area is 306 Å². The molecule has 2 unspecified atom stereocenters. The second kappa shape index (κ2) is 16.4. The largest absolute Gasteiger partial charge is 0.496 e. The minimum absolute atomic E-state index is 0.266. The number of likely N-dealkylation sites (N-methyl/N-ethyl adjacent to an activating group) is 2. The molecule has 2 atom stereocenters. The van der Waals surface area contributed by atoms with Gasteiger partial charge >= 0.3 is 11.9 Å². The first-order valence-corrected chi connectivity index (χ1v) is 17.9. The smallest absolute Gasteiger partial charge is 0.333 e. The zero-order valence-electron chi connectivity index (χ0n) is 31.2. The number of nitrogens with zero attached hydrogens (tertiary/aromatic N) is 4. The lowest BCUT2D eigenvalue weighted by Gasteiger charge is -2.43. The second-order valence-corrected chi connectivity index (χ2v) is 13.7. The Morgan fingerprint density at radius 1 is 0.596 bits per heavy atom. The summed E-state index contributed by atoms with van der Waals surface area (Å²) in [5.74, 6) is -2.25. The van der Waals surface area contributed by atoms with Crippen LogP contribution >= 0.6 is 0 Å². The molecule has 0 radical (unpaired) electrons. The van der Waals surface area contributed by atoms with Gasteiger partial charge in [-0.05, 0) is 38.4 Å². The fourth-order valence-corrected chi connectivity index (χ4v) is 7.65. The molecule has 0 amide bonds. The van der Waals surface area contributed by atoms with Crippen molar-refractivity contribution < 1.29 is 47.5 Å². The maximum absolute atomic E-state index is 13.8. The summed E-state index contributed by atoms with van der Waals surface area (Å²) < 4.78 is 48.4. The maximum Gasteiger partial charge on any atom is 0.333 e. The van der Waals surface area contributed by atoms with Gasteiger partial charge in [-0.2, -0.15) is 0 Å². The van der Waals surface area contributed by atoms with E-state index < -0.39 is 23.5 Å². The summed E-state index contributed by atoms with van der Waals surface area (Å²) in [6, 6.07) is 7.26. The number of fused-ring (bicyclic) bond motifs is 2. The third-order valence-electron chi connectivity index (χ3n) is 10.4. The predicted molar refractivity (Wildman–Crippen MR) is 191 cm³/mol. The highest BCUT2D eigenvalue weighted by atomic mass is 16.7. The van der Waals surface area contributed by atoms with Crippen molar-refractivity contribution in [3.63, 3.8) is 0 Å². The van der Waals surface area contributed by atoms with E-state index in [1.807, 2.05) is 12.1 Å². The molecule has 0 bridgehead atoms. The first-order valence-electron chi connectivity index (χ1n) is 17.9. The first kappa shape index (κ1) is 37.8. The Morgan fingerprint density at radius 2 is 0.942 bits per heavy atom. The van der Waals surface area contributed by atoms with E-state index in [1.165, 1.54) is 0 Å². The molecule has 4 heterocycles. The van der Waals surface area contributed by atoms with Gasteiger partial charge in [0.2, 0.25) is 0 Å². The molecule has 4 aliphatic rings. The summed E-state index contributed by atoms with van der Waals surface area (Å²) in [4.78, 5) is 36.5. The van der Waals surface area contributed by atoms with Gasteiger partial charge in [0.1, 0.15) is 23.0 Å². The lowest BCUT2D eigenvalue weighted by molar-refractivity contribution is -0.251. The molecule has 2 aromatic carbocycles. The van der Waals surface area contributed by atoms with Gasteiger partial charge in [-0.3, -0.25) is 9.80 Å². The average Bonchev–Trinajstić information content (AvgIpc) is 3.15. The van der Waals surface area contributed by atoms with Crippen molar-refractivity contribution in [2.45, 2.75) is 24.4 Å². The van der Waals surface area contributed by atoms with Crippen molar-refractivity contribution in [1.29, 1.82) is 0 Å². The summed E-state index contributed by atoms with van der Waals surface area (Å²) in [7, 11) is 10.5. The quantitative estimate of drug-likeness (QED) is 0.235. The third kappa shape index (κ3) is 7.87. The Kier molecular flexibility index (Phi) is 11.9. The van der Waals surface area contributed by atoms with Crippen LogP contribution in [-0.4, -0.2) is 153 Å². The van der Waals surface area contributed by atoms with Gasteiger partial charge in [-0.15, -0.1) is 0 Å². The summed E-state index contributed by atoms with van der Waals surface area (Å²) in [6.45, 7) is 7.57. The SMILES string of the molecule is COc1ccc(OC)c2c1CCOC2(CN1CCN(C)CC1)OC(=O)/C=C/C(=O)OC1(CN2CCN(C)CC2)OCCc2c(OC)ccc(OC)c21. The Hall–Kier alpha value is -3.92. The van der Waals surface area contributed by atoms with Gasteiger partial charge in [0.25, 0.3) is 11.6 Å². The molecule has 0 aliphatic carbocycles. The third-order valence-corrected chi connectivity index (χ3v) is 10.4. The van der Waals surface area contributed by atoms with Crippen LogP contribution in [0.1, 0.15) is 22.3 Å². The van der Waals surface area contributed by atoms with Crippen molar-refractivity contribution in [3.05, 3.63) is 58.7 Å². The van der Waals surface area contributed by atoms with Gasteiger partial charge in [-0.1, -0.05) is 0 Å². The van der Waals surface area contributed by atoms with E-state index in [0.717, 1.165) is 75.6 Å². The zero-order valence-corrected chi connectivity index (χ0v) is 31.2. The first-order chi connectivity index (χ1) is 25.1. The standard InChI is InChI=1S/C38H52N4O10/c1-39-15-19-41(20-16-39)25-37(35-27(13-23-49-37)29(45-3)7-9-31(35)47-5)51-33(43)11-12-34(44)52-38(26-42-21-17-40(2)18-22-42)36-28(14-24-50-38)30(46-4)8-10-32(36)48-6/h7-12H,13-26H2,1-6H3/b12-11+. The topological polar surface area (TPSA) is 121 Å². The minimum atomic E-state index is -1.52. The highest BCUT2D eigenvalue weighted by Crippen LogP contribution is 2.46. The second-order valence-electron chi connectivity index (χ2n) is 13.7. The molecular weight excluding hydrogens is 672 g/mol. The van der Waals surface area contributed by atoms with Gasteiger partial charge in [0.05, 0.1) is 65.9 Å². The molecule has 14 heteroatoms. The van der Waals surface area contributed by atoms with Crippen LogP contribution < -0.4 is 18.9 Å². The van der Waals surface area contributed by atoms with Gasteiger partial charge in [0, 0.05) is 88.5 Å². The molecule has 6 rings (SSSR count). The maximum atomic E-state index is 13.8. The number of piperazine rings is 2. The molecule has 2 saturated heterocycles. The number of hydrogen-bond acceptors (Lipinski definition) is 14. The number of esters is 2. The predicted octanol–water partition coefficient (Wildman–Crippen LogP) is 2.01. The molecular formula is C38H52N4O10. The average molecular weight is 725 g/mol. The summed E-state index contributed by atoms with van der Waals surface area (Å²) in [5.41, 5.74) is 2.90. The van der Waals surface area contributed by atoms with Crippen LogP contribution in [0.15, 0.2) is 36.4 Å². The molecule has 2 fully saturated rings. The summed E-state index contributed by atoms with van der Waals surface area (Å²) >= 11 is 0. The van der Waals surface area contributed by atoms with E-state index in [9.17, 15) is 9.59 Å². The number of carbonyl (C=O) groups is 2. The van der Waals surface area contributed by atoms with E-state index in [0.29, 0.717) is 60.2 Å². The Balaban J connectivity index is 1.30. The van der Waals surface area contributed by atoms with E-state index in [1.54, 1.807) is 40.6 Å². The van der Waals surface area contributed by atoms with Gasteiger partial charge in [0.15, 0.2) is 0 Å². The Morgan fingerprint density at radius 3 is 1.29 bits per heavy atom. The van der Waals surface area contributed by atoms with Gasteiger partial charge in [-0.25, -0.2) is 9.59 Å². The zero-order chi connectivity index (χ0) is 36.9. The molecule has 2 aromatic rings. The number of methoxy groups -OCH3 is 4. The van der Waals surface area contributed by atoms with Crippen LogP contribution in [0.5, 0.6) is 23.0 Å². The molecule has 4 aliphatic heterocycles. The monoisotopic (exact) mass is 724 g/mol. The lowest BCUT2D eigenvalue weighted by atomic mass is 9.91. The summed E-state index contributed by atoms with van der Waals surface area (Å²) in [6.07, 6.45) is 3.25. The normalized spacial score (nSPS) is 24.5. The molecule has 0 aromatic heterocycles. The van der Waals surface area contributed by atoms with Crippen LogP contribution in [0.2, 0.25) is 0 Å². The van der Waals surface area contributed by atoms with Crippen LogP contribution in [0.4, 0.5) is 0 Å². The number of ether oxygens (including phenoxy) is 8. The molecule has 52 heavy (non-hydrogen) atoms. The highest BCUT2D eigenvalue weighted by Gasteiger charge is 2.49. The van der Waals surface area contributed by atoms with E-state index in [-0.39, 0.29) is 13.1 Å². The fourth-order valence-electron chi connectivity index (χ4n) is 7.65. The molecule has 0 saturated carbocycles. The molecule has 0 N–H and O–H groups in total. The minimum Gasteiger partial charge on any atom is -0.496 e. The van der Waals surface area contributed by atoms with Crippen molar-refractivity contribution in [2.75, 3.05) is 121 Å². The molecule has 14 nitrogen and oxygen atoms in total. The van der Waals surface area contributed by atoms with Crippen molar-refractivity contribution in [3.8, 4) is 23.0 Å². The highest BCUT2D eigenvalue weighted by molar-refractivity contribution is 5.92. The van der Waals surface area contributed by atoms with Crippen molar-refractivity contribution >= 4 is 11.9 Å². The van der Waals surface area contributed by atoms with Crippen molar-refractivity contribution in [1.82, 2.24) is 19.6 Å². The lowest BCUT2D eigenvalue weighted by Crippen LogP contribution is -2.54. The number of hydrogen-bond donors (Lipinski definition) is 0. The van der Waals surface area contributed by atoms with Crippen molar-refractivity contribution in [2.24, 2.45) is 0 Å². The van der Waals surface area contributed by atoms with Crippen LogP contribution in [0.3, 0.4) is 0 Å². The number of carbonyl (C=O) groups excluding carboxylic acids is 2. The number of rotatable bonds is 12. The van der Waals surface area contributed by atoms with E-state index >= 15 is 0 Å².